The molecule has 1 aliphatic rings. The number of ether oxygens (including phenoxy) is 2. The fraction of sp³-hybridized carbons (Fsp3) is 0.625. The van der Waals surface area contributed by atoms with Gasteiger partial charge in [-0.3, -0.25) is 0 Å². The van der Waals surface area contributed by atoms with E-state index in [0.717, 1.165) is 19.4 Å². The van der Waals surface area contributed by atoms with Gasteiger partial charge in [-0.05, 0) is 67.7 Å². The Bertz CT molecular complexity index is 476. The van der Waals surface area contributed by atoms with E-state index in [1.807, 2.05) is 0 Å². The molecule has 2 unspecified atom stereocenters. The monoisotopic (exact) mass is 359 g/mol. The number of hydrogen-bond acceptors (Lipinski definition) is 3. The van der Waals surface area contributed by atoms with E-state index < -0.39 is 0 Å². The molecule has 3 nitrogen and oxygen atoms in total. The molecule has 1 aliphatic heterocycles. The van der Waals surface area contributed by atoms with Gasteiger partial charge in [-0.2, -0.15) is 0 Å². The zero-order valence-electron chi connectivity index (χ0n) is 12.8. The first-order chi connectivity index (χ1) is 9.83. The van der Waals surface area contributed by atoms with Crippen LogP contribution in [0.1, 0.15) is 33.6 Å². The van der Waals surface area contributed by atoms with Crippen LogP contribution in [0.5, 0.6) is 5.75 Å². The van der Waals surface area contributed by atoms with Gasteiger partial charge in [-0.25, -0.2) is 4.39 Å². The van der Waals surface area contributed by atoms with Gasteiger partial charge < -0.3 is 14.8 Å². The second kappa shape index (κ2) is 7.07. The smallest absolute Gasteiger partial charge is 0.133 e. The molecule has 2 atom stereocenters. The van der Waals surface area contributed by atoms with Crippen molar-refractivity contribution in [2.24, 2.45) is 0 Å². The maximum atomic E-state index is 13.0. The molecule has 0 saturated carbocycles. The molecular weight excluding hydrogens is 337 g/mol. The Morgan fingerprint density at radius 2 is 2.05 bits per heavy atom. The van der Waals surface area contributed by atoms with Crippen LogP contribution in [-0.2, 0) is 4.74 Å². The molecule has 0 spiro atoms. The minimum Gasteiger partial charge on any atom is -0.490 e. The van der Waals surface area contributed by atoms with Crippen LogP contribution in [0.25, 0.3) is 0 Å². The lowest BCUT2D eigenvalue weighted by atomic mass is 10.1. The van der Waals surface area contributed by atoms with Crippen molar-refractivity contribution in [3.05, 3.63) is 28.5 Å². The molecule has 0 radical (unpaired) electrons. The molecule has 0 amide bonds. The average Bonchev–Trinajstić information content (AvgIpc) is 2.82. The van der Waals surface area contributed by atoms with Crippen molar-refractivity contribution >= 4 is 15.9 Å². The highest BCUT2D eigenvalue weighted by atomic mass is 79.9. The summed E-state index contributed by atoms with van der Waals surface area (Å²) in [6.45, 7) is 7.80. The average molecular weight is 360 g/mol. The Morgan fingerprint density at radius 1 is 1.33 bits per heavy atom. The summed E-state index contributed by atoms with van der Waals surface area (Å²) in [5.74, 6) is 0.371. The molecule has 1 saturated heterocycles. The maximum absolute atomic E-state index is 13.0. The summed E-state index contributed by atoms with van der Waals surface area (Å²) in [4.78, 5) is 0. The van der Waals surface area contributed by atoms with Gasteiger partial charge in [-0.1, -0.05) is 0 Å². The van der Waals surface area contributed by atoms with Crippen LogP contribution in [0, 0.1) is 5.82 Å². The number of nitrogens with one attached hydrogen (secondary N) is 1. The molecule has 21 heavy (non-hydrogen) atoms. The molecule has 0 aliphatic carbocycles. The third-order valence-electron chi connectivity index (χ3n) is 3.37. The van der Waals surface area contributed by atoms with Crippen LogP contribution in [-0.4, -0.2) is 30.9 Å². The summed E-state index contributed by atoms with van der Waals surface area (Å²) in [6.07, 6.45) is 2.39. The summed E-state index contributed by atoms with van der Waals surface area (Å²) in [6, 6.07) is 4.43. The first-order valence-corrected chi connectivity index (χ1v) is 8.11. The van der Waals surface area contributed by atoms with E-state index in [4.69, 9.17) is 9.47 Å². The second-order valence-electron chi connectivity index (χ2n) is 6.47. The largest absolute Gasteiger partial charge is 0.490 e. The molecule has 0 aromatic heterocycles. The first-order valence-electron chi connectivity index (χ1n) is 7.32. The van der Waals surface area contributed by atoms with Crippen LogP contribution in [0.4, 0.5) is 4.39 Å². The van der Waals surface area contributed by atoms with Gasteiger partial charge in [0.15, 0.2) is 0 Å². The summed E-state index contributed by atoms with van der Waals surface area (Å²) in [7, 11) is 0. The van der Waals surface area contributed by atoms with Crippen molar-refractivity contribution < 1.29 is 13.9 Å². The van der Waals surface area contributed by atoms with Gasteiger partial charge in [0.25, 0.3) is 0 Å². The normalized spacial score (nSPS) is 22.5. The van der Waals surface area contributed by atoms with Crippen molar-refractivity contribution in [2.45, 2.75) is 51.4 Å². The molecule has 2 rings (SSSR count). The van der Waals surface area contributed by atoms with Crippen LogP contribution < -0.4 is 10.1 Å². The predicted molar refractivity (Wildman–Crippen MR) is 85.2 cm³/mol. The quantitative estimate of drug-likeness (QED) is 0.864. The first kappa shape index (κ1) is 16.7. The molecule has 5 heteroatoms. The van der Waals surface area contributed by atoms with Crippen LogP contribution in [0.2, 0.25) is 0 Å². The van der Waals surface area contributed by atoms with Crippen LogP contribution in [0.15, 0.2) is 22.7 Å². The van der Waals surface area contributed by atoms with Crippen LogP contribution >= 0.6 is 15.9 Å². The van der Waals surface area contributed by atoms with Gasteiger partial charge in [0.1, 0.15) is 18.2 Å². The van der Waals surface area contributed by atoms with Gasteiger partial charge in [0.05, 0.1) is 16.7 Å². The molecular formula is C16H23BrFNO2. The highest BCUT2D eigenvalue weighted by Crippen LogP contribution is 2.27. The number of hydrogen-bond donors (Lipinski definition) is 1. The minimum atomic E-state index is -0.278. The molecule has 0 bridgehead atoms. The summed E-state index contributed by atoms with van der Waals surface area (Å²) >= 11 is 3.30. The Kier molecular flexibility index (Phi) is 5.63. The Morgan fingerprint density at radius 3 is 2.71 bits per heavy atom. The third kappa shape index (κ3) is 5.57. The predicted octanol–water partition coefficient (Wildman–Crippen LogP) is 3.90. The Balaban J connectivity index is 1.75. The Hall–Kier alpha value is -0.650. The van der Waals surface area contributed by atoms with Gasteiger partial charge in [-0.15, -0.1) is 0 Å². The minimum absolute atomic E-state index is 0.105. The van der Waals surface area contributed by atoms with E-state index >= 15 is 0 Å². The molecule has 1 aromatic carbocycles. The van der Waals surface area contributed by atoms with Gasteiger partial charge in [0, 0.05) is 12.1 Å². The van der Waals surface area contributed by atoms with Crippen LogP contribution in [0.3, 0.4) is 0 Å². The standard InChI is InChI=1S/C16H23BrFNO2/c1-16(2,3)19-9-12-5-6-13(21-12)10-20-15-7-4-11(18)8-14(15)17/h4,7-8,12-13,19H,5-6,9-10H2,1-3H3. The lowest BCUT2D eigenvalue weighted by Crippen LogP contribution is -2.41. The van der Waals surface area contributed by atoms with Gasteiger partial charge >= 0.3 is 0 Å². The van der Waals surface area contributed by atoms with Crippen molar-refractivity contribution in [2.75, 3.05) is 13.2 Å². The van der Waals surface area contributed by atoms with Crippen molar-refractivity contribution in [1.29, 1.82) is 0 Å². The van der Waals surface area contributed by atoms with E-state index in [1.165, 1.54) is 12.1 Å². The number of benzene rings is 1. The molecule has 1 fully saturated rings. The maximum Gasteiger partial charge on any atom is 0.133 e. The van der Waals surface area contributed by atoms with E-state index in [9.17, 15) is 4.39 Å². The van der Waals surface area contributed by atoms with E-state index in [2.05, 4.69) is 42.0 Å². The SMILES string of the molecule is CC(C)(C)NCC1CCC(COc2ccc(F)cc2Br)O1. The summed E-state index contributed by atoms with van der Waals surface area (Å²) in [5.41, 5.74) is 0.108. The molecule has 118 valence electrons. The second-order valence-corrected chi connectivity index (χ2v) is 7.33. The highest BCUT2D eigenvalue weighted by Gasteiger charge is 2.26. The van der Waals surface area contributed by atoms with Crippen molar-refractivity contribution in [1.82, 2.24) is 5.32 Å². The van der Waals surface area contributed by atoms with Gasteiger partial charge in [0.2, 0.25) is 0 Å². The van der Waals surface area contributed by atoms with Crippen molar-refractivity contribution in [3.8, 4) is 5.75 Å². The van der Waals surface area contributed by atoms with Crippen molar-refractivity contribution in [3.63, 3.8) is 0 Å². The molecule has 1 aromatic rings. The summed E-state index contributed by atoms with van der Waals surface area (Å²) in [5, 5.41) is 3.46. The fourth-order valence-electron chi connectivity index (χ4n) is 2.25. The highest BCUT2D eigenvalue weighted by molar-refractivity contribution is 9.10. The zero-order valence-corrected chi connectivity index (χ0v) is 14.4. The third-order valence-corrected chi connectivity index (χ3v) is 3.99. The molecule has 1 heterocycles. The summed E-state index contributed by atoms with van der Waals surface area (Å²) < 4.78 is 25.3. The number of halogens is 2. The zero-order chi connectivity index (χ0) is 15.5. The number of rotatable bonds is 5. The fourth-order valence-corrected chi connectivity index (χ4v) is 2.71. The topological polar surface area (TPSA) is 30.5 Å². The Labute approximate surface area is 134 Å². The lowest BCUT2D eigenvalue weighted by molar-refractivity contribution is 0.0160. The van der Waals surface area contributed by atoms with E-state index in [0.29, 0.717) is 16.8 Å². The van der Waals surface area contributed by atoms with E-state index in [1.54, 1.807) is 6.07 Å². The molecule has 1 N–H and O–H groups in total. The lowest BCUT2D eigenvalue weighted by Gasteiger charge is -2.23. The van der Waals surface area contributed by atoms with E-state index in [-0.39, 0.29) is 23.6 Å².